The van der Waals surface area contributed by atoms with Gasteiger partial charge in [0.1, 0.15) is 0 Å². The molecular formula is C18H14ClN5S. The van der Waals surface area contributed by atoms with Gasteiger partial charge in [0.25, 0.3) is 0 Å². The number of hydrogen-bond donors (Lipinski definition) is 0. The van der Waals surface area contributed by atoms with Gasteiger partial charge in [-0.15, -0.1) is 5.10 Å². The monoisotopic (exact) mass is 367 g/mol. The van der Waals surface area contributed by atoms with E-state index in [4.69, 9.17) is 11.6 Å². The minimum Gasteiger partial charge on any atom is -0.256 e. The van der Waals surface area contributed by atoms with E-state index in [-0.39, 0.29) is 0 Å². The average molecular weight is 368 g/mol. The van der Waals surface area contributed by atoms with Crippen LogP contribution in [0.1, 0.15) is 11.1 Å². The van der Waals surface area contributed by atoms with Gasteiger partial charge in [-0.25, -0.2) is 0 Å². The molecule has 0 aliphatic carbocycles. The smallest absolute Gasteiger partial charge is 0.218 e. The Morgan fingerprint density at radius 2 is 1.84 bits per heavy atom. The van der Waals surface area contributed by atoms with Gasteiger partial charge in [0.05, 0.1) is 11.2 Å². The van der Waals surface area contributed by atoms with Crippen LogP contribution in [-0.2, 0) is 0 Å². The fourth-order valence-electron chi connectivity index (χ4n) is 2.80. The molecular weight excluding hydrogens is 354 g/mol. The normalized spacial score (nSPS) is 11.2. The van der Waals surface area contributed by atoms with Crippen LogP contribution >= 0.6 is 23.4 Å². The van der Waals surface area contributed by atoms with Crippen molar-refractivity contribution < 1.29 is 0 Å². The molecule has 2 heterocycles. The zero-order valence-electron chi connectivity index (χ0n) is 13.6. The molecule has 124 valence electrons. The first-order chi connectivity index (χ1) is 12.1. The van der Waals surface area contributed by atoms with Crippen molar-refractivity contribution in [2.45, 2.75) is 23.9 Å². The number of hydrogen-bond acceptors (Lipinski definition) is 5. The van der Waals surface area contributed by atoms with Crippen LogP contribution in [0.5, 0.6) is 0 Å². The maximum atomic E-state index is 6.07. The first kappa shape index (κ1) is 16.1. The molecule has 25 heavy (non-hydrogen) atoms. The van der Waals surface area contributed by atoms with E-state index >= 15 is 0 Å². The molecule has 2 aromatic carbocycles. The van der Waals surface area contributed by atoms with Crippen LogP contribution in [0.25, 0.3) is 16.6 Å². The molecule has 2 aromatic heterocycles. The molecule has 0 bridgehead atoms. The molecule has 0 amide bonds. The molecule has 0 saturated heterocycles. The summed E-state index contributed by atoms with van der Waals surface area (Å²) in [5, 5.41) is 14.7. The summed E-state index contributed by atoms with van der Waals surface area (Å²) in [5.41, 5.74) is 4.11. The Kier molecular flexibility index (Phi) is 4.15. The number of pyridine rings is 1. The van der Waals surface area contributed by atoms with Crippen LogP contribution in [0.2, 0.25) is 5.02 Å². The van der Waals surface area contributed by atoms with Crippen LogP contribution in [-0.4, -0.2) is 25.2 Å². The summed E-state index contributed by atoms with van der Waals surface area (Å²) in [5.74, 6) is 0. The van der Waals surface area contributed by atoms with Crippen LogP contribution in [0, 0.1) is 13.8 Å². The van der Waals surface area contributed by atoms with Gasteiger partial charge in [-0.1, -0.05) is 35.9 Å². The summed E-state index contributed by atoms with van der Waals surface area (Å²) in [4.78, 5) is 5.42. The maximum Gasteiger partial charge on any atom is 0.218 e. The second kappa shape index (κ2) is 6.46. The minimum absolute atomic E-state index is 0.669. The fraction of sp³-hybridized carbons (Fsp3) is 0.111. The average Bonchev–Trinajstić information content (AvgIpc) is 3.02. The first-order valence-corrected chi connectivity index (χ1v) is 8.90. The third kappa shape index (κ3) is 2.99. The predicted molar refractivity (Wildman–Crippen MR) is 99.5 cm³/mol. The number of rotatable bonds is 3. The predicted octanol–water partition coefficient (Wildman–Crippen LogP) is 4.63. The van der Waals surface area contributed by atoms with Crippen molar-refractivity contribution in [3.8, 4) is 5.69 Å². The van der Waals surface area contributed by atoms with E-state index in [0.29, 0.717) is 10.2 Å². The van der Waals surface area contributed by atoms with Gasteiger partial charge in [-0.2, -0.15) is 4.68 Å². The zero-order chi connectivity index (χ0) is 17.4. The first-order valence-electron chi connectivity index (χ1n) is 7.70. The van der Waals surface area contributed by atoms with E-state index in [0.717, 1.165) is 32.6 Å². The molecule has 0 fully saturated rings. The van der Waals surface area contributed by atoms with Crippen LogP contribution < -0.4 is 0 Å². The molecule has 4 rings (SSSR count). The van der Waals surface area contributed by atoms with Crippen molar-refractivity contribution >= 4 is 34.3 Å². The highest BCUT2D eigenvalue weighted by atomic mass is 35.5. The van der Waals surface area contributed by atoms with E-state index in [2.05, 4.69) is 46.5 Å². The van der Waals surface area contributed by atoms with Gasteiger partial charge < -0.3 is 0 Å². The van der Waals surface area contributed by atoms with Crippen LogP contribution in [0.15, 0.2) is 58.7 Å². The molecule has 7 heteroatoms. The lowest BCUT2D eigenvalue weighted by molar-refractivity contribution is 0.747. The molecule has 0 unspecified atom stereocenters. The number of aryl methyl sites for hydroxylation is 2. The second-order valence-corrected chi connectivity index (χ2v) is 7.13. The highest BCUT2D eigenvalue weighted by Gasteiger charge is 2.15. The van der Waals surface area contributed by atoms with Crippen molar-refractivity contribution in [3.63, 3.8) is 0 Å². The Balaban J connectivity index is 1.81. The Morgan fingerprint density at radius 1 is 1.04 bits per heavy atom. The number of nitrogens with zero attached hydrogens (tertiary/aromatic N) is 5. The quantitative estimate of drug-likeness (QED) is 0.528. The largest absolute Gasteiger partial charge is 0.256 e. The number of aromatic nitrogens is 5. The molecule has 0 atom stereocenters. The number of tetrazole rings is 1. The standard InChI is InChI=1S/C18H14ClN5S/c1-11-4-3-5-12(2)17(11)24-18(21-22-23-24)25-16-8-9-20-15-10-13(19)6-7-14(15)16/h3-10H,1-2H3. The molecule has 5 nitrogen and oxygen atoms in total. The Bertz CT molecular complexity index is 1060. The van der Waals surface area contributed by atoms with E-state index in [9.17, 15) is 0 Å². The van der Waals surface area contributed by atoms with Crippen molar-refractivity contribution in [2.75, 3.05) is 0 Å². The SMILES string of the molecule is Cc1cccc(C)c1-n1nnnc1Sc1ccnc2cc(Cl)ccc12. The third-order valence-corrected chi connectivity index (χ3v) is 5.21. The highest BCUT2D eigenvalue weighted by molar-refractivity contribution is 7.99. The minimum atomic E-state index is 0.669. The molecule has 0 N–H and O–H groups in total. The summed E-state index contributed by atoms with van der Waals surface area (Å²) >= 11 is 7.58. The summed E-state index contributed by atoms with van der Waals surface area (Å²) in [6.45, 7) is 4.12. The topological polar surface area (TPSA) is 56.5 Å². The Morgan fingerprint density at radius 3 is 2.64 bits per heavy atom. The Labute approximate surface area is 154 Å². The van der Waals surface area contributed by atoms with E-state index in [1.807, 2.05) is 30.3 Å². The molecule has 0 aliphatic rings. The van der Waals surface area contributed by atoms with Gasteiger partial charge in [-0.3, -0.25) is 4.98 Å². The summed E-state index contributed by atoms with van der Waals surface area (Å²) in [6.07, 6.45) is 1.77. The summed E-state index contributed by atoms with van der Waals surface area (Å²) < 4.78 is 1.79. The summed E-state index contributed by atoms with van der Waals surface area (Å²) in [7, 11) is 0. The Hall–Kier alpha value is -2.44. The second-order valence-electron chi connectivity index (χ2n) is 5.69. The van der Waals surface area contributed by atoms with Crippen LogP contribution in [0.3, 0.4) is 0 Å². The number of benzene rings is 2. The van der Waals surface area contributed by atoms with Gasteiger partial charge in [-0.05, 0) is 65.4 Å². The van der Waals surface area contributed by atoms with Crippen molar-refractivity contribution in [2.24, 2.45) is 0 Å². The van der Waals surface area contributed by atoms with Crippen molar-refractivity contribution in [1.82, 2.24) is 25.2 Å². The molecule has 0 saturated carbocycles. The molecule has 4 aromatic rings. The maximum absolute atomic E-state index is 6.07. The lowest BCUT2D eigenvalue weighted by Gasteiger charge is -2.11. The molecule has 0 radical (unpaired) electrons. The van der Waals surface area contributed by atoms with Gasteiger partial charge >= 0.3 is 0 Å². The van der Waals surface area contributed by atoms with Gasteiger partial charge in [0.2, 0.25) is 5.16 Å². The highest BCUT2D eigenvalue weighted by Crippen LogP contribution is 2.33. The number of halogens is 1. The van der Waals surface area contributed by atoms with E-state index < -0.39 is 0 Å². The third-order valence-electron chi connectivity index (χ3n) is 3.96. The lowest BCUT2D eigenvalue weighted by atomic mass is 10.1. The van der Waals surface area contributed by atoms with E-state index in [1.54, 1.807) is 10.9 Å². The summed E-state index contributed by atoms with van der Waals surface area (Å²) in [6, 6.07) is 13.8. The van der Waals surface area contributed by atoms with Crippen molar-refractivity contribution in [3.05, 3.63) is 64.8 Å². The fourth-order valence-corrected chi connectivity index (χ4v) is 3.87. The van der Waals surface area contributed by atoms with Gasteiger partial charge in [0.15, 0.2) is 0 Å². The van der Waals surface area contributed by atoms with Crippen molar-refractivity contribution in [1.29, 1.82) is 0 Å². The van der Waals surface area contributed by atoms with Crippen LogP contribution in [0.4, 0.5) is 0 Å². The van der Waals surface area contributed by atoms with Gasteiger partial charge in [0, 0.05) is 21.5 Å². The molecule has 0 aliphatic heterocycles. The number of fused-ring (bicyclic) bond motifs is 1. The zero-order valence-corrected chi connectivity index (χ0v) is 15.2. The van der Waals surface area contributed by atoms with E-state index in [1.165, 1.54) is 11.8 Å². The lowest BCUT2D eigenvalue weighted by Crippen LogP contribution is -2.03. The number of para-hydroxylation sites is 1. The molecule has 0 spiro atoms.